The number of nitrogens with zero attached hydrogens (tertiary/aromatic N) is 3. The molecule has 0 radical (unpaired) electrons. The van der Waals surface area contributed by atoms with Crippen LogP contribution in [0, 0.1) is 0 Å². The molecular weight excluding hydrogens is 326 g/mol. The highest BCUT2D eigenvalue weighted by atomic mass is 16.5. The Balaban J connectivity index is 1.83. The van der Waals surface area contributed by atoms with Crippen molar-refractivity contribution in [2.45, 2.75) is 19.4 Å². The summed E-state index contributed by atoms with van der Waals surface area (Å²) in [6.07, 6.45) is 1.00. The molecule has 26 heavy (non-hydrogen) atoms. The van der Waals surface area contributed by atoms with Crippen LogP contribution >= 0.6 is 0 Å². The summed E-state index contributed by atoms with van der Waals surface area (Å²) in [4.78, 5) is 9.51. The predicted molar refractivity (Wildman–Crippen MR) is 109 cm³/mol. The molecule has 1 aliphatic heterocycles. The number of ether oxygens (including phenoxy) is 1. The molecule has 1 unspecified atom stereocenters. The molecule has 6 nitrogen and oxygen atoms in total. The van der Waals surface area contributed by atoms with E-state index in [0.717, 1.165) is 64.9 Å². The van der Waals surface area contributed by atoms with E-state index in [4.69, 9.17) is 9.73 Å². The molecular formula is C20H35N5O. The molecule has 1 aliphatic rings. The van der Waals surface area contributed by atoms with Crippen molar-refractivity contribution >= 4 is 5.96 Å². The third-order valence-corrected chi connectivity index (χ3v) is 4.67. The lowest BCUT2D eigenvalue weighted by atomic mass is 10.1. The van der Waals surface area contributed by atoms with Gasteiger partial charge < -0.3 is 20.3 Å². The van der Waals surface area contributed by atoms with Gasteiger partial charge in [0.1, 0.15) is 0 Å². The average molecular weight is 362 g/mol. The summed E-state index contributed by atoms with van der Waals surface area (Å²) >= 11 is 0. The maximum atomic E-state index is 5.40. The number of likely N-dealkylation sites (N-methyl/N-ethyl adjacent to an activating group) is 1. The first-order valence-corrected chi connectivity index (χ1v) is 9.71. The van der Waals surface area contributed by atoms with E-state index in [0.29, 0.717) is 6.04 Å². The minimum Gasteiger partial charge on any atom is -0.379 e. The Bertz CT molecular complexity index is 514. The van der Waals surface area contributed by atoms with Gasteiger partial charge in [-0.15, -0.1) is 0 Å². The maximum absolute atomic E-state index is 5.40. The van der Waals surface area contributed by atoms with Gasteiger partial charge in [-0.3, -0.25) is 9.89 Å². The van der Waals surface area contributed by atoms with Gasteiger partial charge >= 0.3 is 0 Å². The van der Waals surface area contributed by atoms with Gasteiger partial charge in [-0.2, -0.15) is 0 Å². The summed E-state index contributed by atoms with van der Waals surface area (Å²) in [6.45, 7) is 9.41. The second-order valence-corrected chi connectivity index (χ2v) is 6.91. The zero-order valence-corrected chi connectivity index (χ0v) is 16.6. The number of hydrogen-bond acceptors (Lipinski definition) is 4. The van der Waals surface area contributed by atoms with E-state index in [1.807, 2.05) is 0 Å². The Morgan fingerprint density at radius 3 is 2.58 bits per heavy atom. The minimum atomic E-state index is 0.382. The minimum absolute atomic E-state index is 0.382. The summed E-state index contributed by atoms with van der Waals surface area (Å²) in [5.41, 5.74) is 1.35. The van der Waals surface area contributed by atoms with E-state index < -0.39 is 0 Å². The maximum Gasteiger partial charge on any atom is 0.191 e. The molecule has 0 aliphatic carbocycles. The van der Waals surface area contributed by atoms with Crippen LogP contribution in [-0.2, 0) is 11.2 Å². The standard InChI is InChI=1S/C20H35N5O/c1-4-21-20(22-10-11-25-12-14-26-15-13-25)23-17-19(24(2)3)16-18-8-6-5-7-9-18/h5-9,19H,4,10-17H2,1-3H3,(H2,21,22,23). The summed E-state index contributed by atoms with van der Waals surface area (Å²) in [5.74, 6) is 0.903. The quantitative estimate of drug-likeness (QED) is 0.509. The molecule has 1 saturated heterocycles. The Morgan fingerprint density at radius 2 is 1.92 bits per heavy atom. The van der Waals surface area contributed by atoms with E-state index >= 15 is 0 Å². The molecule has 0 bridgehead atoms. The van der Waals surface area contributed by atoms with Crippen molar-refractivity contribution in [1.82, 2.24) is 20.4 Å². The lowest BCUT2D eigenvalue weighted by molar-refractivity contribution is 0.0389. The Hall–Kier alpha value is -1.63. The van der Waals surface area contributed by atoms with Gasteiger partial charge in [-0.25, -0.2) is 0 Å². The highest BCUT2D eigenvalue weighted by Gasteiger charge is 2.13. The van der Waals surface area contributed by atoms with Crippen LogP contribution in [0.3, 0.4) is 0 Å². The zero-order valence-electron chi connectivity index (χ0n) is 16.6. The van der Waals surface area contributed by atoms with Gasteiger partial charge in [0.15, 0.2) is 5.96 Å². The van der Waals surface area contributed by atoms with Crippen molar-refractivity contribution in [2.75, 3.05) is 66.6 Å². The van der Waals surface area contributed by atoms with Crippen LogP contribution in [0.1, 0.15) is 12.5 Å². The fourth-order valence-electron chi connectivity index (χ4n) is 2.99. The summed E-state index contributed by atoms with van der Waals surface area (Å²) in [6, 6.07) is 11.0. The number of aliphatic imine (C=N–C) groups is 1. The van der Waals surface area contributed by atoms with Gasteiger partial charge in [0.25, 0.3) is 0 Å². The molecule has 0 amide bonds. The van der Waals surface area contributed by atoms with Crippen molar-refractivity contribution in [3.63, 3.8) is 0 Å². The van der Waals surface area contributed by atoms with Crippen LogP contribution in [0.4, 0.5) is 0 Å². The molecule has 0 saturated carbocycles. The topological polar surface area (TPSA) is 52.1 Å². The molecule has 6 heteroatoms. The van der Waals surface area contributed by atoms with E-state index in [1.54, 1.807) is 0 Å². The lowest BCUT2D eigenvalue weighted by Crippen LogP contribution is -2.45. The van der Waals surface area contributed by atoms with Gasteiger partial charge in [-0.1, -0.05) is 30.3 Å². The molecule has 0 spiro atoms. The molecule has 146 valence electrons. The van der Waals surface area contributed by atoms with Gasteiger partial charge in [-0.05, 0) is 33.0 Å². The van der Waals surface area contributed by atoms with Gasteiger partial charge in [0, 0.05) is 38.8 Å². The van der Waals surface area contributed by atoms with Crippen molar-refractivity contribution in [1.29, 1.82) is 0 Å². The molecule has 1 aromatic carbocycles. The second-order valence-electron chi connectivity index (χ2n) is 6.91. The highest BCUT2D eigenvalue weighted by molar-refractivity contribution is 5.79. The number of benzene rings is 1. The Labute approximate surface area is 158 Å². The van der Waals surface area contributed by atoms with E-state index in [9.17, 15) is 0 Å². The van der Waals surface area contributed by atoms with Crippen LogP contribution < -0.4 is 10.6 Å². The van der Waals surface area contributed by atoms with E-state index in [2.05, 4.69) is 71.8 Å². The van der Waals surface area contributed by atoms with E-state index in [1.165, 1.54) is 5.56 Å². The van der Waals surface area contributed by atoms with E-state index in [-0.39, 0.29) is 0 Å². The number of guanidine groups is 1. The monoisotopic (exact) mass is 361 g/mol. The van der Waals surface area contributed by atoms with Crippen LogP contribution in [0.5, 0.6) is 0 Å². The highest BCUT2D eigenvalue weighted by Crippen LogP contribution is 2.07. The summed E-state index contributed by atoms with van der Waals surface area (Å²) in [7, 11) is 4.25. The predicted octanol–water partition coefficient (Wildman–Crippen LogP) is 1.05. The van der Waals surface area contributed by atoms with Crippen LogP contribution in [-0.4, -0.2) is 88.4 Å². The number of nitrogens with one attached hydrogen (secondary N) is 2. The fraction of sp³-hybridized carbons (Fsp3) is 0.650. The zero-order chi connectivity index (χ0) is 18.6. The van der Waals surface area contributed by atoms with Crippen LogP contribution in [0.15, 0.2) is 35.3 Å². The number of hydrogen-bond donors (Lipinski definition) is 2. The Kier molecular flexibility index (Phi) is 9.45. The molecule has 1 atom stereocenters. The van der Waals surface area contributed by atoms with Gasteiger partial charge in [0.2, 0.25) is 0 Å². The number of morpholine rings is 1. The molecule has 1 aromatic rings. The largest absolute Gasteiger partial charge is 0.379 e. The molecule has 2 N–H and O–H groups in total. The average Bonchev–Trinajstić information content (AvgIpc) is 2.66. The second kappa shape index (κ2) is 11.9. The summed E-state index contributed by atoms with van der Waals surface area (Å²) < 4.78 is 5.40. The number of rotatable bonds is 9. The third kappa shape index (κ3) is 7.72. The van der Waals surface area contributed by atoms with Crippen molar-refractivity contribution in [3.8, 4) is 0 Å². The first-order chi connectivity index (χ1) is 12.7. The smallest absolute Gasteiger partial charge is 0.191 e. The molecule has 2 rings (SSSR count). The normalized spacial score (nSPS) is 17.3. The van der Waals surface area contributed by atoms with Crippen molar-refractivity contribution in [2.24, 2.45) is 4.99 Å². The summed E-state index contributed by atoms with van der Waals surface area (Å²) in [5, 5.41) is 6.82. The molecule has 1 fully saturated rings. The van der Waals surface area contributed by atoms with Crippen LogP contribution in [0.2, 0.25) is 0 Å². The lowest BCUT2D eigenvalue weighted by Gasteiger charge is -2.27. The molecule has 1 heterocycles. The first kappa shape index (κ1) is 20.7. The molecule has 0 aromatic heterocycles. The third-order valence-electron chi connectivity index (χ3n) is 4.67. The Morgan fingerprint density at radius 1 is 1.19 bits per heavy atom. The fourth-order valence-corrected chi connectivity index (χ4v) is 2.99. The van der Waals surface area contributed by atoms with Crippen molar-refractivity contribution < 1.29 is 4.74 Å². The first-order valence-electron chi connectivity index (χ1n) is 9.71. The SMILES string of the molecule is CCNC(=NCC(Cc1ccccc1)N(C)C)NCCN1CCOCC1. The van der Waals surface area contributed by atoms with Crippen LogP contribution in [0.25, 0.3) is 0 Å². The van der Waals surface area contributed by atoms with Crippen molar-refractivity contribution in [3.05, 3.63) is 35.9 Å². The van der Waals surface area contributed by atoms with Gasteiger partial charge in [0.05, 0.1) is 19.8 Å².